The predicted octanol–water partition coefficient (Wildman–Crippen LogP) is 1.89. The normalized spacial score (nSPS) is 10.1. The lowest BCUT2D eigenvalue weighted by Gasteiger charge is -2.07. The number of rotatable bonds is 5. The van der Waals surface area contributed by atoms with Crippen LogP contribution in [0, 0.1) is 10.1 Å². The molecule has 8 nitrogen and oxygen atoms in total. The van der Waals surface area contributed by atoms with Crippen molar-refractivity contribution in [1.82, 2.24) is 5.16 Å². The average Bonchev–Trinajstić information content (AvgIpc) is 2.88. The number of nitrogens with one attached hydrogen (secondary N) is 1. The van der Waals surface area contributed by atoms with Crippen LogP contribution in [0.2, 0.25) is 0 Å². The molecule has 0 spiro atoms. The van der Waals surface area contributed by atoms with E-state index in [1.165, 1.54) is 18.4 Å². The van der Waals surface area contributed by atoms with E-state index in [2.05, 4.69) is 15.0 Å². The number of carboxylic acids is 1. The van der Waals surface area contributed by atoms with Gasteiger partial charge in [-0.15, -0.1) is 0 Å². The number of aromatic carboxylic acids is 1. The van der Waals surface area contributed by atoms with E-state index in [-0.39, 0.29) is 23.5 Å². The first-order valence-electron chi connectivity index (χ1n) is 5.23. The molecule has 0 saturated carbocycles. The minimum Gasteiger partial charge on any atom is -0.478 e. The lowest BCUT2D eigenvalue weighted by Crippen LogP contribution is -2.07. The first kappa shape index (κ1) is 12.6. The number of hydrogen-bond acceptors (Lipinski definition) is 6. The monoisotopic (exact) mass is 263 g/mol. The number of hydrogen-bond donors (Lipinski definition) is 2. The van der Waals surface area contributed by atoms with Gasteiger partial charge in [0.1, 0.15) is 12.0 Å². The Morgan fingerprint density at radius 2 is 2.26 bits per heavy atom. The van der Waals surface area contributed by atoms with Crippen molar-refractivity contribution < 1.29 is 19.3 Å². The van der Waals surface area contributed by atoms with Gasteiger partial charge in [0.25, 0.3) is 5.69 Å². The average molecular weight is 263 g/mol. The maximum Gasteiger partial charge on any atom is 0.337 e. The molecule has 0 saturated heterocycles. The van der Waals surface area contributed by atoms with Crippen molar-refractivity contribution in [2.75, 3.05) is 5.32 Å². The summed E-state index contributed by atoms with van der Waals surface area (Å²) in [5.74, 6) is -1.17. The molecular formula is C11H9N3O5. The first-order valence-corrected chi connectivity index (χ1v) is 5.23. The quantitative estimate of drug-likeness (QED) is 0.624. The van der Waals surface area contributed by atoms with Gasteiger partial charge in [-0.25, -0.2) is 4.79 Å². The van der Waals surface area contributed by atoms with Crippen LogP contribution >= 0.6 is 0 Å². The zero-order valence-corrected chi connectivity index (χ0v) is 9.57. The van der Waals surface area contributed by atoms with E-state index in [0.29, 0.717) is 5.69 Å². The fraction of sp³-hybridized carbons (Fsp3) is 0.0909. The third kappa shape index (κ3) is 2.86. The fourth-order valence-corrected chi connectivity index (χ4v) is 1.49. The third-order valence-corrected chi connectivity index (χ3v) is 2.40. The van der Waals surface area contributed by atoms with Crippen LogP contribution in [0.5, 0.6) is 0 Å². The van der Waals surface area contributed by atoms with Crippen LogP contribution in [-0.2, 0) is 6.54 Å². The number of nitro groups is 1. The largest absolute Gasteiger partial charge is 0.478 e. The van der Waals surface area contributed by atoms with E-state index in [9.17, 15) is 14.9 Å². The van der Waals surface area contributed by atoms with Gasteiger partial charge in [0.2, 0.25) is 0 Å². The molecule has 1 aromatic heterocycles. The molecule has 0 aliphatic heterocycles. The van der Waals surface area contributed by atoms with Gasteiger partial charge in [0.05, 0.1) is 22.7 Å². The molecule has 2 aromatic rings. The highest BCUT2D eigenvalue weighted by molar-refractivity contribution is 5.94. The molecule has 0 amide bonds. The number of aromatic nitrogens is 1. The molecular weight excluding hydrogens is 254 g/mol. The van der Waals surface area contributed by atoms with Crippen molar-refractivity contribution in [3.63, 3.8) is 0 Å². The Balaban J connectivity index is 2.27. The van der Waals surface area contributed by atoms with Crippen molar-refractivity contribution >= 4 is 17.3 Å². The highest BCUT2D eigenvalue weighted by Crippen LogP contribution is 2.23. The second kappa shape index (κ2) is 5.17. The molecule has 19 heavy (non-hydrogen) atoms. The molecule has 8 heteroatoms. The van der Waals surface area contributed by atoms with Crippen LogP contribution in [-0.4, -0.2) is 21.2 Å². The molecule has 1 heterocycles. The molecule has 0 aliphatic rings. The summed E-state index contributed by atoms with van der Waals surface area (Å²) in [6.07, 6.45) is 1.38. The van der Waals surface area contributed by atoms with E-state index >= 15 is 0 Å². The van der Waals surface area contributed by atoms with E-state index in [4.69, 9.17) is 5.11 Å². The molecule has 98 valence electrons. The number of carboxylic acid groups (broad SMARTS) is 1. The van der Waals surface area contributed by atoms with E-state index in [0.717, 1.165) is 6.07 Å². The summed E-state index contributed by atoms with van der Waals surface area (Å²) in [6.45, 7) is 0.206. The zero-order valence-electron chi connectivity index (χ0n) is 9.57. The number of anilines is 1. The molecule has 0 bridgehead atoms. The lowest BCUT2D eigenvalue weighted by molar-refractivity contribution is -0.384. The van der Waals surface area contributed by atoms with Gasteiger partial charge in [-0.2, -0.15) is 0 Å². The number of non-ortho nitro benzene ring substituents is 1. The summed E-state index contributed by atoms with van der Waals surface area (Å²) < 4.78 is 4.63. The third-order valence-electron chi connectivity index (χ3n) is 2.40. The van der Waals surface area contributed by atoms with E-state index < -0.39 is 10.9 Å². The summed E-state index contributed by atoms with van der Waals surface area (Å²) >= 11 is 0. The SMILES string of the molecule is O=C(O)c1ccc([N+](=O)[O-])cc1NCc1ccon1. The Bertz CT molecular complexity index is 609. The molecule has 2 rings (SSSR count). The van der Waals surface area contributed by atoms with Crippen molar-refractivity contribution in [3.05, 3.63) is 51.9 Å². The van der Waals surface area contributed by atoms with Crippen LogP contribution in [0.25, 0.3) is 0 Å². The molecule has 1 aromatic carbocycles. The lowest BCUT2D eigenvalue weighted by atomic mass is 10.1. The van der Waals surface area contributed by atoms with Crippen molar-refractivity contribution in [3.8, 4) is 0 Å². The van der Waals surface area contributed by atoms with Crippen LogP contribution in [0.3, 0.4) is 0 Å². The highest BCUT2D eigenvalue weighted by atomic mass is 16.6. The maximum atomic E-state index is 11.0. The molecule has 0 atom stereocenters. The smallest absolute Gasteiger partial charge is 0.337 e. The summed E-state index contributed by atoms with van der Waals surface area (Å²) in [5, 5.41) is 26.1. The van der Waals surface area contributed by atoms with Gasteiger partial charge in [0.15, 0.2) is 0 Å². The van der Waals surface area contributed by atoms with Crippen molar-refractivity contribution in [2.24, 2.45) is 0 Å². The number of carbonyl (C=O) groups is 1. The minimum atomic E-state index is -1.17. The zero-order chi connectivity index (χ0) is 13.8. The standard InChI is InChI=1S/C11H9N3O5/c15-11(16)9-2-1-8(14(17)18)5-10(9)12-6-7-3-4-19-13-7/h1-5,12H,6H2,(H,15,16). The van der Waals surface area contributed by atoms with Crippen molar-refractivity contribution in [2.45, 2.75) is 6.54 Å². The Kier molecular flexibility index (Phi) is 3.42. The molecule has 2 N–H and O–H groups in total. The molecule has 0 unspecified atom stereocenters. The Morgan fingerprint density at radius 3 is 2.84 bits per heavy atom. The molecule has 0 aliphatic carbocycles. The summed E-state index contributed by atoms with van der Waals surface area (Å²) in [6, 6.07) is 5.10. The van der Waals surface area contributed by atoms with E-state index in [1.54, 1.807) is 6.07 Å². The van der Waals surface area contributed by atoms with Crippen LogP contribution < -0.4 is 5.32 Å². The van der Waals surface area contributed by atoms with Crippen molar-refractivity contribution in [1.29, 1.82) is 0 Å². The van der Waals surface area contributed by atoms with Gasteiger partial charge in [0, 0.05) is 18.2 Å². The second-order valence-corrected chi connectivity index (χ2v) is 3.64. The predicted molar refractivity (Wildman–Crippen MR) is 63.9 cm³/mol. The molecule has 0 radical (unpaired) electrons. The van der Waals surface area contributed by atoms with E-state index in [1.807, 2.05) is 0 Å². The number of nitrogens with zero attached hydrogens (tertiary/aromatic N) is 2. The topological polar surface area (TPSA) is 118 Å². The van der Waals surface area contributed by atoms with Gasteiger partial charge >= 0.3 is 5.97 Å². The molecule has 0 fully saturated rings. The van der Waals surface area contributed by atoms with Crippen LogP contribution in [0.1, 0.15) is 16.1 Å². The fourth-order valence-electron chi connectivity index (χ4n) is 1.49. The first-order chi connectivity index (χ1) is 9.08. The number of nitro benzene ring substituents is 1. The highest BCUT2D eigenvalue weighted by Gasteiger charge is 2.15. The Hall–Kier alpha value is -2.90. The summed E-state index contributed by atoms with van der Waals surface area (Å²) in [4.78, 5) is 21.1. The van der Waals surface area contributed by atoms with Crippen LogP contribution in [0.15, 0.2) is 35.1 Å². The van der Waals surface area contributed by atoms with Gasteiger partial charge in [-0.05, 0) is 6.07 Å². The van der Waals surface area contributed by atoms with Gasteiger partial charge in [-0.1, -0.05) is 5.16 Å². The van der Waals surface area contributed by atoms with Gasteiger partial charge in [-0.3, -0.25) is 10.1 Å². The maximum absolute atomic E-state index is 11.0. The van der Waals surface area contributed by atoms with Crippen LogP contribution in [0.4, 0.5) is 11.4 Å². The Labute approximate surface area is 106 Å². The second-order valence-electron chi connectivity index (χ2n) is 3.64. The Morgan fingerprint density at radius 1 is 1.47 bits per heavy atom. The summed E-state index contributed by atoms with van der Waals surface area (Å²) in [7, 11) is 0. The van der Waals surface area contributed by atoms with Gasteiger partial charge < -0.3 is 14.9 Å². The number of benzene rings is 1. The summed E-state index contributed by atoms with van der Waals surface area (Å²) in [5.41, 5.74) is 0.481. The minimum absolute atomic E-state index is 0.0471.